The molecule has 0 atom stereocenters. The van der Waals surface area contributed by atoms with E-state index in [0.29, 0.717) is 5.92 Å². The second-order valence-electron chi connectivity index (χ2n) is 4.94. The molecule has 0 aliphatic heterocycles. The van der Waals surface area contributed by atoms with Crippen molar-refractivity contribution in [2.45, 2.75) is 26.7 Å². The summed E-state index contributed by atoms with van der Waals surface area (Å²) in [5.74, 6) is 0.707. The molecule has 0 spiro atoms. The Morgan fingerprint density at radius 3 is 2.95 bits per heavy atom. The number of aryl methyl sites for hydroxylation is 1. The van der Waals surface area contributed by atoms with Crippen LogP contribution in [0.2, 0.25) is 0 Å². The van der Waals surface area contributed by atoms with Gasteiger partial charge in [-0.05, 0) is 37.6 Å². The average molecular weight is 276 g/mol. The number of nitrogens with zero attached hydrogens (tertiary/aromatic N) is 3. The summed E-state index contributed by atoms with van der Waals surface area (Å²) in [5.41, 5.74) is 1.05. The predicted molar refractivity (Wildman–Crippen MR) is 79.2 cm³/mol. The van der Waals surface area contributed by atoms with Crippen LogP contribution < -0.4 is 5.32 Å². The number of aromatic nitrogens is 3. The van der Waals surface area contributed by atoms with Gasteiger partial charge in [0.15, 0.2) is 0 Å². The van der Waals surface area contributed by atoms with Crippen molar-refractivity contribution >= 4 is 11.3 Å². The van der Waals surface area contributed by atoms with Crippen LogP contribution in [0.3, 0.4) is 0 Å². The molecule has 1 N–H and O–H groups in total. The van der Waals surface area contributed by atoms with Gasteiger partial charge >= 0.3 is 0 Å². The molecule has 0 saturated heterocycles. The summed E-state index contributed by atoms with van der Waals surface area (Å²) in [6, 6.07) is 3.94. The van der Waals surface area contributed by atoms with Crippen LogP contribution >= 0.6 is 11.3 Å². The molecular formula is C14H20N4S. The lowest BCUT2D eigenvalue weighted by molar-refractivity contribution is 0.542. The number of pyridine rings is 1. The smallest absolute Gasteiger partial charge is 0.149 e. The van der Waals surface area contributed by atoms with Crippen LogP contribution in [-0.2, 0) is 6.42 Å². The van der Waals surface area contributed by atoms with Crippen molar-refractivity contribution in [1.82, 2.24) is 20.5 Å². The van der Waals surface area contributed by atoms with Gasteiger partial charge in [-0.25, -0.2) is 0 Å². The molecule has 0 unspecified atom stereocenters. The number of nitrogens with one attached hydrogen (secondary N) is 1. The van der Waals surface area contributed by atoms with Crippen molar-refractivity contribution in [3.05, 3.63) is 29.5 Å². The van der Waals surface area contributed by atoms with Crippen molar-refractivity contribution in [3.8, 4) is 10.6 Å². The van der Waals surface area contributed by atoms with Crippen LogP contribution in [0.1, 0.15) is 25.3 Å². The van der Waals surface area contributed by atoms with E-state index in [9.17, 15) is 0 Å². The third-order valence-corrected chi connectivity index (χ3v) is 3.70. The van der Waals surface area contributed by atoms with E-state index in [1.54, 1.807) is 17.5 Å². The van der Waals surface area contributed by atoms with Crippen molar-refractivity contribution in [2.24, 2.45) is 5.92 Å². The lowest BCUT2D eigenvalue weighted by Crippen LogP contribution is -2.21. The Hall–Kier alpha value is -1.33. The van der Waals surface area contributed by atoms with Gasteiger partial charge in [0.25, 0.3) is 0 Å². The van der Waals surface area contributed by atoms with E-state index in [1.807, 2.05) is 18.3 Å². The Balaban J connectivity index is 1.78. The van der Waals surface area contributed by atoms with Crippen molar-refractivity contribution in [3.63, 3.8) is 0 Å². The molecule has 0 bridgehead atoms. The van der Waals surface area contributed by atoms with E-state index in [1.165, 1.54) is 0 Å². The van der Waals surface area contributed by atoms with Gasteiger partial charge in [-0.2, -0.15) is 0 Å². The second kappa shape index (κ2) is 7.31. The molecule has 19 heavy (non-hydrogen) atoms. The highest BCUT2D eigenvalue weighted by Crippen LogP contribution is 2.22. The molecule has 2 aromatic rings. The van der Waals surface area contributed by atoms with Gasteiger partial charge in [0.05, 0.1) is 0 Å². The highest BCUT2D eigenvalue weighted by molar-refractivity contribution is 7.14. The van der Waals surface area contributed by atoms with E-state index >= 15 is 0 Å². The number of hydrogen-bond acceptors (Lipinski definition) is 5. The van der Waals surface area contributed by atoms with E-state index in [-0.39, 0.29) is 0 Å². The first kappa shape index (κ1) is 14.1. The van der Waals surface area contributed by atoms with Crippen molar-refractivity contribution in [1.29, 1.82) is 0 Å². The molecule has 0 aliphatic rings. The number of hydrogen-bond donors (Lipinski definition) is 1. The molecule has 2 heterocycles. The van der Waals surface area contributed by atoms with Crippen LogP contribution in [0.15, 0.2) is 24.5 Å². The summed E-state index contributed by atoms with van der Waals surface area (Å²) in [5, 5.41) is 14.0. The summed E-state index contributed by atoms with van der Waals surface area (Å²) >= 11 is 1.66. The first-order valence-corrected chi connectivity index (χ1v) is 7.51. The van der Waals surface area contributed by atoms with Gasteiger partial charge in [0.1, 0.15) is 10.0 Å². The third-order valence-electron chi connectivity index (χ3n) is 2.67. The van der Waals surface area contributed by atoms with Gasteiger partial charge in [0.2, 0.25) is 0 Å². The summed E-state index contributed by atoms with van der Waals surface area (Å²) in [6.07, 6.45) is 5.69. The van der Waals surface area contributed by atoms with Crippen molar-refractivity contribution < 1.29 is 0 Å². The largest absolute Gasteiger partial charge is 0.316 e. The lowest BCUT2D eigenvalue weighted by Gasteiger charge is -2.05. The summed E-state index contributed by atoms with van der Waals surface area (Å²) in [4.78, 5) is 4.10. The van der Waals surface area contributed by atoms with E-state index in [4.69, 9.17) is 0 Å². The van der Waals surface area contributed by atoms with Crippen LogP contribution in [0.25, 0.3) is 10.6 Å². The fourth-order valence-electron chi connectivity index (χ4n) is 1.72. The minimum atomic E-state index is 0.707. The normalized spacial score (nSPS) is 11.1. The number of rotatable bonds is 7. The molecule has 0 saturated carbocycles. The minimum Gasteiger partial charge on any atom is -0.316 e. The maximum atomic E-state index is 4.24. The zero-order chi connectivity index (χ0) is 13.5. The fraction of sp³-hybridized carbons (Fsp3) is 0.500. The van der Waals surface area contributed by atoms with Crippen LogP contribution in [-0.4, -0.2) is 28.3 Å². The molecule has 0 amide bonds. The van der Waals surface area contributed by atoms with Crippen LogP contribution in [0.4, 0.5) is 0 Å². The SMILES string of the molecule is CC(C)CNCCCc1nnc(-c2cccnc2)s1. The van der Waals surface area contributed by atoms with Gasteiger partial charge in [-0.15, -0.1) is 10.2 Å². The highest BCUT2D eigenvalue weighted by atomic mass is 32.1. The molecule has 2 rings (SSSR count). The van der Waals surface area contributed by atoms with Gasteiger partial charge in [-0.1, -0.05) is 25.2 Å². The molecule has 4 nitrogen and oxygen atoms in total. The highest BCUT2D eigenvalue weighted by Gasteiger charge is 2.06. The van der Waals surface area contributed by atoms with Crippen molar-refractivity contribution in [2.75, 3.05) is 13.1 Å². The van der Waals surface area contributed by atoms with E-state index in [0.717, 1.165) is 41.5 Å². The third kappa shape index (κ3) is 4.69. The zero-order valence-corrected chi connectivity index (χ0v) is 12.3. The molecular weight excluding hydrogens is 256 g/mol. The van der Waals surface area contributed by atoms with Gasteiger partial charge < -0.3 is 5.32 Å². The minimum absolute atomic E-state index is 0.707. The molecule has 5 heteroatoms. The summed E-state index contributed by atoms with van der Waals surface area (Å²) in [6.45, 7) is 6.56. The Morgan fingerprint density at radius 1 is 1.32 bits per heavy atom. The second-order valence-corrected chi connectivity index (χ2v) is 6.01. The van der Waals surface area contributed by atoms with E-state index < -0.39 is 0 Å². The van der Waals surface area contributed by atoms with Gasteiger partial charge in [-0.3, -0.25) is 4.98 Å². The Kier molecular flexibility index (Phi) is 5.42. The lowest BCUT2D eigenvalue weighted by atomic mass is 10.2. The first-order chi connectivity index (χ1) is 9.25. The standard InChI is InChI=1S/C14H20N4S/c1-11(2)9-15-8-4-6-13-17-18-14(19-13)12-5-3-7-16-10-12/h3,5,7,10-11,15H,4,6,8-9H2,1-2H3. The Bertz CT molecular complexity index is 481. The average Bonchev–Trinajstić information content (AvgIpc) is 2.88. The fourth-order valence-corrected chi connectivity index (χ4v) is 2.59. The topological polar surface area (TPSA) is 50.7 Å². The van der Waals surface area contributed by atoms with Gasteiger partial charge in [0, 0.05) is 24.4 Å². The Labute approximate surface area is 118 Å². The predicted octanol–water partition coefficient (Wildman–Crippen LogP) is 2.78. The van der Waals surface area contributed by atoms with Crippen LogP contribution in [0, 0.1) is 5.92 Å². The maximum Gasteiger partial charge on any atom is 0.149 e. The first-order valence-electron chi connectivity index (χ1n) is 6.69. The molecule has 2 aromatic heterocycles. The summed E-state index contributed by atoms with van der Waals surface area (Å²) in [7, 11) is 0. The van der Waals surface area contributed by atoms with E-state index in [2.05, 4.69) is 34.3 Å². The van der Waals surface area contributed by atoms with Crippen LogP contribution in [0.5, 0.6) is 0 Å². The quantitative estimate of drug-likeness (QED) is 0.790. The Morgan fingerprint density at radius 2 is 2.21 bits per heavy atom. The molecule has 0 fully saturated rings. The zero-order valence-electron chi connectivity index (χ0n) is 11.5. The molecule has 0 aliphatic carbocycles. The summed E-state index contributed by atoms with van der Waals surface area (Å²) < 4.78 is 0. The molecule has 0 radical (unpaired) electrons. The molecule has 0 aromatic carbocycles. The molecule has 102 valence electrons. The monoisotopic (exact) mass is 276 g/mol. The maximum absolute atomic E-state index is 4.24.